The van der Waals surface area contributed by atoms with Gasteiger partial charge in [-0.25, -0.2) is 19.7 Å². The number of pyridine rings is 1. The number of hydrogen-bond donors (Lipinski definition) is 3. The summed E-state index contributed by atoms with van der Waals surface area (Å²) in [6.07, 6.45) is 3.85. The highest BCUT2D eigenvalue weighted by molar-refractivity contribution is 6.32. The lowest BCUT2D eigenvalue weighted by molar-refractivity contribution is 0.0697. The summed E-state index contributed by atoms with van der Waals surface area (Å²) < 4.78 is 5.19. The fourth-order valence-electron chi connectivity index (χ4n) is 3.37. The summed E-state index contributed by atoms with van der Waals surface area (Å²) >= 11 is 6.21. The highest BCUT2D eigenvalue weighted by Crippen LogP contribution is 2.33. The summed E-state index contributed by atoms with van der Waals surface area (Å²) in [5.74, 6) is 0.607. The molecule has 0 unspecified atom stereocenters. The van der Waals surface area contributed by atoms with Crippen LogP contribution in [0.1, 0.15) is 23.2 Å². The number of nitrogens with zero attached hydrogens (tertiary/aromatic N) is 3. The summed E-state index contributed by atoms with van der Waals surface area (Å²) in [4.78, 5) is 25.2. The average molecular weight is 436 g/mol. The molecule has 31 heavy (non-hydrogen) atoms. The number of aromatic nitrogens is 3. The Bertz CT molecular complexity index is 1340. The number of carbonyl (C=O) groups is 1. The molecule has 4 aromatic rings. The monoisotopic (exact) mass is 435 g/mol. The van der Waals surface area contributed by atoms with E-state index < -0.39 is 5.97 Å². The van der Waals surface area contributed by atoms with E-state index in [0.717, 1.165) is 29.3 Å². The van der Waals surface area contributed by atoms with Gasteiger partial charge in [0, 0.05) is 28.7 Å². The molecule has 3 N–H and O–H groups in total. The van der Waals surface area contributed by atoms with Crippen molar-refractivity contribution < 1.29 is 14.6 Å². The van der Waals surface area contributed by atoms with Crippen LogP contribution in [0.2, 0.25) is 5.02 Å². The molecule has 9 heteroatoms. The molecule has 8 nitrogen and oxygen atoms in total. The van der Waals surface area contributed by atoms with Gasteiger partial charge in [-0.2, -0.15) is 0 Å². The van der Waals surface area contributed by atoms with E-state index in [0.29, 0.717) is 39.6 Å². The zero-order valence-electron chi connectivity index (χ0n) is 16.5. The number of ether oxygens (including phenoxy) is 1. The van der Waals surface area contributed by atoms with Crippen molar-refractivity contribution in [2.24, 2.45) is 0 Å². The first kappa shape index (κ1) is 19.3. The minimum Gasteiger partial charge on any atom is -0.495 e. The van der Waals surface area contributed by atoms with Crippen LogP contribution in [0.25, 0.3) is 21.8 Å². The molecule has 0 amide bonds. The topological polar surface area (TPSA) is 109 Å². The normalized spacial score (nSPS) is 13.4. The lowest BCUT2D eigenvalue weighted by Crippen LogP contribution is -2.07. The molecule has 156 valence electrons. The zero-order valence-corrected chi connectivity index (χ0v) is 17.3. The third kappa shape index (κ3) is 3.77. The van der Waals surface area contributed by atoms with Crippen LogP contribution in [0.3, 0.4) is 0 Å². The zero-order chi connectivity index (χ0) is 21.5. The molecule has 1 aliphatic carbocycles. The number of hydrogen-bond acceptors (Lipinski definition) is 7. The summed E-state index contributed by atoms with van der Waals surface area (Å²) in [5.41, 5.74) is 2.16. The minimum atomic E-state index is -0.991. The summed E-state index contributed by atoms with van der Waals surface area (Å²) in [5, 5.41) is 17.9. The van der Waals surface area contributed by atoms with E-state index in [2.05, 4.69) is 20.6 Å². The van der Waals surface area contributed by atoms with E-state index in [1.807, 2.05) is 6.07 Å². The van der Waals surface area contributed by atoms with Crippen LogP contribution in [0.15, 0.2) is 42.6 Å². The number of nitrogens with one attached hydrogen (secondary N) is 2. The first-order valence-electron chi connectivity index (χ1n) is 9.73. The Morgan fingerprint density at radius 3 is 2.71 bits per heavy atom. The van der Waals surface area contributed by atoms with Crippen LogP contribution < -0.4 is 15.4 Å². The molecule has 1 fully saturated rings. The molecule has 0 spiro atoms. The Morgan fingerprint density at radius 1 is 1.16 bits per heavy atom. The number of halogens is 1. The SMILES string of the molecule is COc1ccc(Nc2ncc3c(n2)c(NC2CC2)nc2cc(C(=O)O)ccc23)cc1Cl. The van der Waals surface area contributed by atoms with Crippen LogP contribution in [0.5, 0.6) is 5.75 Å². The third-order valence-electron chi connectivity index (χ3n) is 5.11. The third-order valence-corrected chi connectivity index (χ3v) is 5.40. The van der Waals surface area contributed by atoms with Crippen molar-refractivity contribution in [3.63, 3.8) is 0 Å². The molecule has 2 aromatic carbocycles. The lowest BCUT2D eigenvalue weighted by Gasteiger charge is -2.13. The quantitative estimate of drug-likeness (QED) is 0.368. The number of fused-ring (bicyclic) bond motifs is 3. The van der Waals surface area contributed by atoms with Gasteiger partial charge in [-0.3, -0.25) is 0 Å². The van der Waals surface area contributed by atoms with Crippen molar-refractivity contribution in [2.45, 2.75) is 18.9 Å². The maximum atomic E-state index is 11.4. The van der Waals surface area contributed by atoms with Crippen molar-refractivity contribution >= 4 is 56.8 Å². The predicted octanol–water partition coefficient (Wildman–Crippen LogP) is 4.86. The van der Waals surface area contributed by atoms with Gasteiger partial charge in [-0.1, -0.05) is 17.7 Å². The molecule has 0 atom stereocenters. The molecule has 1 saturated carbocycles. The lowest BCUT2D eigenvalue weighted by atomic mass is 10.1. The number of carboxylic acids is 1. The number of aromatic carboxylic acids is 1. The van der Waals surface area contributed by atoms with E-state index in [4.69, 9.17) is 21.3 Å². The van der Waals surface area contributed by atoms with E-state index in [-0.39, 0.29) is 5.56 Å². The first-order chi connectivity index (χ1) is 15.0. The molecule has 1 aliphatic rings. The number of carboxylic acid groups (broad SMARTS) is 1. The Kier molecular flexibility index (Phi) is 4.71. The van der Waals surface area contributed by atoms with Gasteiger partial charge in [-0.15, -0.1) is 0 Å². The Hall–Kier alpha value is -3.65. The van der Waals surface area contributed by atoms with Crippen LogP contribution in [-0.2, 0) is 0 Å². The minimum absolute atomic E-state index is 0.187. The average Bonchev–Trinajstić information content (AvgIpc) is 3.57. The molecule has 0 bridgehead atoms. The van der Waals surface area contributed by atoms with Crippen LogP contribution >= 0.6 is 11.6 Å². The van der Waals surface area contributed by atoms with E-state index in [1.54, 1.807) is 43.6 Å². The van der Waals surface area contributed by atoms with E-state index >= 15 is 0 Å². The Balaban J connectivity index is 1.60. The maximum Gasteiger partial charge on any atom is 0.335 e. The van der Waals surface area contributed by atoms with Gasteiger partial charge in [-0.05, 0) is 43.2 Å². The fourth-order valence-corrected chi connectivity index (χ4v) is 3.63. The smallest absolute Gasteiger partial charge is 0.335 e. The van der Waals surface area contributed by atoms with E-state index in [9.17, 15) is 9.90 Å². The van der Waals surface area contributed by atoms with Crippen molar-refractivity contribution in [3.8, 4) is 5.75 Å². The largest absolute Gasteiger partial charge is 0.495 e. The highest BCUT2D eigenvalue weighted by atomic mass is 35.5. The van der Waals surface area contributed by atoms with Crippen molar-refractivity contribution in [1.82, 2.24) is 15.0 Å². The molecule has 2 heterocycles. The standard InChI is InChI=1S/C22H18ClN5O3/c1-31-18-7-5-13(9-16(18)23)26-22-24-10-15-14-6-2-11(21(29)30)8-17(14)27-20(19(15)28-22)25-12-3-4-12/h2,5-10,12H,3-4H2,1H3,(H,25,27)(H,29,30)(H,24,26,28). The molecular formula is C22H18ClN5O3. The number of anilines is 3. The van der Waals surface area contributed by atoms with Gasteiger partial charge in [0.1, 0.15) is 11.3 Å². The van der Waals surface area contributed by atoms with Gasteiger partial charge in [0.05, 0.1) is 23.2 Å². The Morgan fingerprint density at radius 2 is 2.00 bits per heavy atom. The summed E-state index contributed by atoms with van der Waals surface area (Å²) in [6.45, 7) is 0. The van der Waals surface area contributed by atoms with Crippen LogP contribution in [0.4, 0.5) is 17.5 Å². The van der Waals surface area contributed by atoms with Crippen molar-refractivity contribution in [1.29, 1.82) is 0 Å². The molecule has 0 radical (unpaired) electrons. The summed E-state index contributed by atoms with van der Waals surface area (Å²) in [7, 11) is 1.56. The van der Waals surface area contributed by atoms with Gasteiger partial charge < -0.3 is 20.5 Å². The second-order valence-corrected chi connectivity index (χ2v) is 7.75. The van der Waals surface area contributed by atoms with Crippen LogP contribution in [0, 0.1) is 0 Å². The molecular weight excluding hydrogens is 418 g/mol. The first-order valence-corrected chi connectivity index (χ1v) is 10.1. The van der Waals surface area contributed by atoms with Gasteiger partial charge >= 0.3 is 5.97 Å². The summed E-state index contributed by atoms with van der Waals surface area (Å²) in [6, 6.07) is 10.6. The van der Waals surface area contributed by atoms with Gasteiger partial charge in [0.2, 0.25) is 5.95 Å². The fraction of sp³-hybridized carbons (Fsp3) is 0.182. The highest BCUT2D eigenvalue weighted by Gasteiger charge is 2.23. The second kappa shape index (κ2) is 7.55. The second-order valence-electron chi connectivity index (χ2n) is 7.35. The molecule has 0 saturated heterocycles. The number of methoxy groups -OCH3 is 1. The molecule has 5 rings (SSSR count). The molecule has 2 aromatic heterocycles. The van der Waals surface area contributed by atoms with Gasteiger partial charge in [0.15, 0.2) is 5.82 Å². The number of benzene rings is 2. The number of rotatable bonds is 6. The van der Waals surface area contributed by atoms with Crippen molar-refractivity contribution in [2.75, 3.05) is 17.7 Å². The predicted molar refractivity (Wildman–Crippen MR) is 120 cm³/mol. The Labute approximate surface area is 182 Å². The van der Waals surface area contributed by atoms with Gasteiger partial charge in [0.25, 0.3) is 0 Å². The molecule has 0 aliphatic heterocycles. The van der Waals surface area contributed by atoms with Crippen molar-refractivity contribution in [3.05, 3.63) is 53.2 Å². The van der Waals surface area contributed by atoms with Crippen LogP contribution in [-0.4, -0.2) is 39.2 Å². The van der Waals surface area contributed by atoms with E-state index in [1.165, 1.54) is 0 Å². The maximum absolute atomic E-state index is 11.4.